The third kappa shape index (κ3) is 7.17. The SMILES string of the molecule is CCOCCCNC(N)=NCC(C)Oc1ccccc1OC. The lowest BCUT2D eigenvalue weighted by Crippen LogP contribution is -2.34. The molecule has 0 amide bonds. The van der Waals surface area contributed by atoms with E-state index < -0.39 is 0 Å². The summed E-state index contributed by atoms with van der Waals surface area (Å²) < 4.78 is 16.3. The van der Waals surface area contributed by atoms with Gasteiger partial charge >= 0.3 is 0 Å². The fourth-order valence-corrected chi connectivity index (χ4v) is 1.79. The summed E-state index contributed by atoms with van der Waals surface area (Å²) in [6, 6.07) is 7.54. The van der Waals surface area contributed by atoms with Crippen molar-refractivity contribution in [2.24, 2.45) is 10.7 Å². The second-order valence-electron chi connectivity index (χ2n) is 4.78. The number of ether oxygens (including phenoxy) is 3. The predicted octanol–water partition coefficient (Wildman–Crippen LogP) is 1.79. The second kappa shape index (κ2) is 10.7. The highest BCUT2D eigenvalue weighted by Gasteiger charge is 2.08. The summed E-state index contributed by atoms with van der Waals surface area (Å²) >= 11 is 0. The lowest BCUT2D eigenvalue weighted by atomic mass is 10.3. The summed E-state index contributed by atoms with van der Waals surface area (Å²) in [5.74, 6) is 1.84. The van der Waals surface area contributed by atoms with Crippen molar-refractivity contribution in [3.05, 3.63) is 24.3 Å². The average Bonchev–Trinajstić information content (AvgIpc) is 2.53. The van der Waals surface area contributed by atoms with Crippen molar-refractivity contribution in [3.8, 4) is 11.5 Å². The van der Waals surface area contributed by atoms with Crippen LogP contribution in [0.4, 0.5) is 0 Å². The molecule has 3 N–H and O–H groups in total. The Bertz CT molecular complexity index is 452. The van der Waals surface area contributed by atoms with E-state index in [1.54, 1.807) is 7.11 Å². The molecule has 1 atom stereocenters. The van der Waals surface area contributed by atoms with Crippen LogP contribution >= 0.6 is 0 Å². The van der Waals surface area contributed by atoms with E-state index in [2.05, 4.69) is 10.3 Å². The van der Waals surface area contributed by atoms with Crippen LogP contribution < -0.4 is 20.5 Å². The van der Waals surface area contributed by atoms with Crippen LogP contribution in [-0.2, 0) is 4.74 Å². The molecular formula is C16H27N3O3. The topological polar surface area (TPSA) is 78.1 Å². The minimum absolute atomic E-state index is 0.0972. The summed E-state index contributed by atoms with van der Waals surface area (Å²) in [5.41, 5.74) is 5.80. The quantitative estimate of drug-likeness (QED) is 0.391. The molecule has 0 aliphatic carbocycles. The third-order valence-corrected chi connectivity index (χ3v) is 2.89. The molecule has 0 spiro atoms. The van der Waals surface area contributed by atoms with Gasteiger partial charge in [0.25, 0.3) is 0 Å². The minimum Gasteiger partial charge on any atom is -0.493 e. The molecule has 0 radical (unpaired) electrons. The van der Waals surface area contributed by atoms with Gasteiger partial charge in [-0.1, -0.05) is 12.1 Å². The standard InChI is InChI=1S/C16H27N3O3/c1-4-21-11-7-10-18-16(17)19-12-13(2)22-15-9-6-5-8-14(15)20-3/h5-6,8-9,13H,4,7,10-12H2,1-3H3,(H3,17,18,19). The van der Waals surface area contributed by atoms with E-state index >= 15 is 0 Å². The van der Waals surface area contributed by atoms with Crippen molar-refractivity contribution in [2.75, 3.05) is 33.4 Å². The highest BCUT2D eigenvalue weighted by atomic mass is 16.5. The van der Waals surface area contributed by atoms with Gasteiger partial charge in [-0.05, 0) is 32.4 Å². The number of nitrogens with two attached hydrogens (primary N) is 1. The summed E-state index contributed by atoms with van der Waals surface area (Å²) in [7, 11) is 1.62. The van der Waals surface area contributed by atoms with E-state index in [4.69, 9.17) is 19.9 Å². The predicted molar refractivity (Wildman–Crippen MR) is 88.7 cm³/mol. The second-order valence-corrected chi connectivity index (χ2v) is 4.78. The summed E-state index contributed by atoms with van der Waals surface area (Å²) in [5, 5.41) is 3.05. The molecule has 0 aliphatic heterocycles. The van der Waals surface area contributed by atoms with Crippen LogP contribution in [0.1, 0.15) is 20.3 Å². The lowest BCUT2D eigenvalue weighted by molar-refractivity contribution is 0.145. The fourth-order valence-electron chi connectivity index (χ4n) is 1.79. The van der Waals surface area contributed by atoms with Crippen LogP contribution in [0.5, 0.6) is 11.5 Å². The van der Waals surface area contributed by atoms with Crippen molar-refractivity contribution in [3.63, 3.8) is 0 Å². The minimum atomic E-state index is -0.0972. The van der Waals surface area contributed by atoms with Crippen LogP contribution in [0, 0.1) is 0 Å². The molecule has 0 aliphatic rings. The first-order chi connectivity index (χ1) is 10.7. The molecule has 1 aromatic rings. The molecule has 1 rings (SSSR count). The molecular weight excluding hydrogens is 282 g/mol. The van der Waals surface area contributed by atoms with Crippen LogP contribution in [0.15, 0.2) is 29.3 Å². The first-order valence-corrected chi connectivity index (χ1v) is 7.58. The van der Waals surface area contributed by atoms with Gasteiger partial charge in [0.05, 0.1) is 13.7 Å². The van der Waals surface area contributed by atoms with Crippen molar-refractivity contribution in [1.82, 2.24) is 5.32 Å². The molecule has 1 aromatic carbocycles. The van der Waals surface area contributed by atoms with Crippen molar-refractivity contribution >= 4 is 5.96 Å². The number of nitrogens with one attached hydrogen (secondary N) is 1. The van der Waals surface area contributed by atoms with Gasteiger partial charge in [0, 0.05) is 19.8 Å². The molecule has 0 heterocycles. The maximum Gasteiger partial charge on any atom is 0.188 e. The van der Waals surface area contributed by atoms with Gasteiger partial charge in [-0.2, -0.15) is 0 Å². The van der Waals surface area contributed by atoms with Gasteiger partial charge in [-0.3, -0.25) is 0 Å². The number of para-hydroxylation sites is 2. The van der Waals surface area contributed by atoms with Crippen LogP contribution in [0.3, 0.4) is 0 Å². The fraction of sp³-hybridized carbons (Fsp3) is 0.562. The maximum atomic E-state index is 5.81. The molecule has 1 unspecified atom stereocenters. The zero-order valence-corrected chi connectivity index (χ0v) is 13.7. The monoisotopic (exact) mass is 309 g/mol. The smallest absolute Gasteiger partial charge is 0.188 e. The number of hydrogen-bond acceptors (Lipinski definition) is 4. The summed E-state index contributed by atoms with van der Waals surface area (Å²) in [6.07, 6.45) is 0.803. The van der Waals surface area contributed by atoms with Gasteiger partial charge < -0.3 is 25.3 Å². The summed E-state index contributed by atoms with van der Waals surface area (Å²) in [4.78, 5) is 4.27. The number of guanidine groups is 1. The average molecular weight is 309 g/mol. The lowest BCUT2D eigenvalue weighted by Gasteiger charge is -2.15. The first kappa shape index (κ1) is 18.1. The number of nitrogens with zero attached hydrogens (tertiary/aromatic N) is 1. The Morgan fingerprint density at radius 2 is 2.05 bits per heavy atom. The summed E-state index contributed by atoms with van der Waals surface area (Å²) in [6.45, 7) is 6.61. The van der Waals surface area contributed by atoms with Gasteiger partial charge in [0.1, 0.15) is 6.10 Å². The Hall–Kier alpha value is -1.95. The van der Waals surface area contributed by atoms with Gasteiger partial charge in [-0.25, -0.2) is 4.99 Å². The van der Waals surface area contributed by atoms with Crippen LogP contribution in [0.25, 0.3) is 0 Å². The van der Waals surface area contributed by atoms with Crippen molar-refractivity contribution < 1.29 is 14.2 Å². The van der Waals surface area contributed by atoms with Crippen molar-refractivity contribution in [1.29, 1.82) is 0 Å². The Kier molecular flexibility index (Phi) is 8.83. The van der Waals surface area contributed by atoms with E-state index in [-0.39, 0.29) is 6.10 Å². The number of methoxy groups -OCH3 is 1. The van der Waals surface area contributed by atoms with Gasteiger partial charge in [0.15, 0.2) is 17.5 Å². The maximum absolute atomic E-state index is 5.81. The molecule has 0 saturated carbocycles. The number of benzene rings is 1. The van der Waals surface area contributed by atoms with Crippen molar-refractivity contribution in [2.45, 2.75) is 26.4 Å². The zero-order valence-electron chi connectivity index (χ0n) is 13.7. The number of hydrogen-bond donors (Lipinski definition) is 2. The van der Waals surface area contributed by atoms with E-state index in [1.165, 1.54) is 0 Å². The largest absolute Gasteiger partial charge is 0.493 e. The molecule has 0 saturated heterocycles. The Morgan fingerprint density at radius 1 is 1.32 bits per heavy atom. The molecule has 0 fully saturated rings. The highest BCUT2D eigenvalue weighted by molar-refractivity contribution is 5.77. The molecule has 6 heteroatoms. The van der Waals surface area contributed by atoms with Gasteiger partial charge in [-0.15, -0.1) is 0 Å². The van der Waals surface area contributed by atoms with E-state index in [9.17, 15) is 0 Å². The number of aliphatic imine (C=N–C) groups is 1. The molecule has 6 nitrogen and oxygen atoms in total. The van der Waals surface area contributed by atoms with E-state index in [0.717, 1.165) is 26.2 Å². The van der Waals surface area contributed by atoms with E-state index in [0.29, 0.717) is 24.0 Å². The molecule has 0 aromatic heterocycles. The van der Waals surface area contributed by atoms with Crippen LogP contribution in [0.2, 0.25) is 0 Å². The molecule has 0 bridgehead atoms. The Balaban J connectivity index is 2.32. The Labute approximate surface area is 132 Å². The molecule has 124 valence electrons. The van der Waals surface area contributed by atoms with Gasteiger partial charge in [0.2, 0.25) is 0 Å². The normalized spacial score (nSPS) is 12.8. The third-order valence-electron chi connectivity index (χ3n) is 2.89. The van der Waals surface area contributed by atoms with Crippen LogP contribution in [-0.4, -0.2) is 45.5 Å². The van der Waals surface area contributed by atoms with E-state index in [1.807, 2.05) is 38.1 Å². The number of rotatable bonds is 10. The molecule has 22 heavy (non-hydrogen) atoms. The zero-order chi connectivity index (χ0) is 16.2. The first-order valence-electron chi connectivity index (χ1n) is 7.58. The highest BCUT2D eigenvalue weighted by Crippen LogP contribution is 2.26. The Morgan fingerprint density at radius 3 is 2.73 bits per heavy atom.